The number of halogens is 1. The van der Waals surface area contributed by atoms with Crippen LogP contribution in [0.25, 0.3) is 21.5 Å². The van der Waals surface area contributed by atoms with Gasteiger partial charge in [-0.05, 0) is 70.5 Å². The van der Waals surface area contributed by atoms with Crippen LogP contribution in [0.3, 0.4) is 0 Å². The molecule has 2 aliphatic heterocycles. The number of likely N-dealkylation sites (tertiary alicyclic amines) is 1. The van der Waals surface area contributed by atoms with E-state index < -0.39 is 11.6 Å². The first-order chi connectivity index (χ1) is 20.0. The van der Waals surface area contributed by atoms with Gasteiger partial charge in [0.2, 0.25) is 0 Å². The molecule has 4 aromatic carbocycles. The van der Waals surface area contributed by atoms with Crippen molar-refractivity contribution in [2.75, 3.05) is 24.5 Å². The quantitative estimate of drug-likeness (QED) is 0.232. The number of pyridine rings is 1. The zero-order chi connectivity index (χ0) is 28.0. The highest BCUT2D eigenvalue weighted by Crippen LogP contribution is 2.43. The van der Waals surface area contributed by atoms with Gasteiger partial charge in [0.05, 0.1) is 11.7 Å². The highest BCUT2D eigenvalue weighted by Gasteiger charge is 2.48. The zero-order valence-corrected chi connectivity index (χ0v) is 26.1. The van der Waals surface area contributed by atoms with Gasteiger partial charge < -0.3 is 38.9 Å². The Bertz CT molecular complexity index is 1680. The molecule has 0 spiro atoms. The van der Waals surface area contributed by atoms with Gasteiger partial charge in [-0.2, -0.15) is 0 Å². The maximum absolute atomic E-state index is 14.5. The van der Waals surface area contributed by atoms with Crippen LogP contribution in [0.5, 0.6) is 0 Å². The first kappa shape index (κ1) is 28.6. The van der Waals surface area contributed by atoms with Gasteiger partial charge in [0.15, 0.2) is 12.4 Å². The topological polar surface area (TPSA) is 47.7 Å². The van der Waals surface area contributed by atoms with Crippen molar-refractivity contribution in [3.8, 4) is 0 Å². The third kappa shape index (κ3) is 4.94. The van der Waals surface area contributed by atoms with E-state index in [2.05, 4.69) is 59.5 Å². The number of aliphatic hydroxyl groups is 1. The summed E-state index contributed by atoms with van der Waals surface area (Å²) in [6, 6.07) is 30.6. The first-order valence-corrected chi connectivity index (χ1v) is 14.8. The highest BCUT2D eigenvalue weighted by atomic mass is 127. The molecule has 3 heterocycles. The molecule has 2 fully saturated rings. The van der Waals surface area contributed by atoms with Crippen molar-refractivity contribution in [1.82, 2.24) is 4.90 Å². The largest absolute Gasteiger partial charge is 1.00 e. The van der Waals surface area contributed by atoms with Crippen LogP contribution in [0.15, 0.2) is 103 Å². The Labute approximate surface area is 264 Å². The molecule has 0 bridgehead atoms. The molecule has 1 atom stereocenters. The average molecular weight is 670 g/mol. The second-order valence-corrected chi connectivity index (χ2v) is 11.7. The van der Waals surface area contributed by atoms with Crippen molar-refractivity contribution >= 4 is 33.1 Å². The van der Waals surface area contributed by atoms with Crippen LogP contribution in [0, 0.1) is 0 Å². The number of hydrogen-bond acceptors (Lipinski definition) is 3. The molecule has 1 N–H and O–H groups in total. The number of anilines is 1. The van der Waals surface area contributed by atoms with Crippen molar-refractivity contribution in [1.29, 1.82) is 0 Å². The van der Waals surface area contributed by atoms with E-state index >= 15 is 0 Å². The van der Waals surface area contributed by atoms with E-state index in [1.807, 2.05) is 65.3 Å². The number of carbonyl (C=O) groups excluding carboxylic acids is 1. The van der Waals surface area contributed by atoms with E-state index in [9.17, 15) is 9.90 Å². The summed E-state index contributed by atoms with van der Waals surface area (Å²) in [5.41, 5.74) is 1.95. The fourth-order valence-corrected chi connectivity index (χ4v) is 6.99. The minimum Gasteiger partial charge on any atom is -1.00 e. The SMILES string of the molecule is C[n+]1ccc(N2CCCC2)c(C(=O)N2CCC[C@H]2C(O)(c2ccc3ccccc3c2)c2ccc3ccccc3c2)c1.[I-]. The first-order valence-electron chi connectivity index (χ1n) is 14.8. The lowest BCUT2D eigenvalue weighted by atomic mass is 9.77. The summed E-state index contributed by atoms with van der Waals surface area (Å²) in [7, 11) is 1.96. The molecule has 1 amide bonds. The van der Waals surface area contributed by atoms with Gasteiger partial charge in [0.1, 0.15) is 18.2 Å². The summed E-state index contributed by atoms with van der Waals surface area (Å²) in [5.74, 6) is -0.00870. The van der Waals surface area contributed by atoms with Crippen molar-refractivity contribution in [2.45, 2.75) is 37.3 Å². The molecule has 5 aromatic rings. The minimum atomic E-state index is -1.38. The van der Waals surface area contributed by atoms with E-state index in [0.717, 1.165) is 77.1 Å². The molecule has 0 aliphatic carbocycles. The van der Waals surface area contributed by atoms with E-state index in [0.29, 0.717) is 12.1 Å². The zero-order valence-electron chi connectivity index (χ0n) is 23.9. The molecule has 5 nitrogen and oxygen atoms in total. The highest BCUT2D eigenvalue weighted by molar-refractivity contribution is 6.00. The lowest BCUT2D eigenvalue weighted by Gasteiger charge is -2.40. The standard InChI is InChI=1S/C36H36N3O2.HI/c1-37-22-18-33(38-19-6-7-20-38)32(25-37)35(40)39-21-8-13-34(39)36(41,30-16-14-26-9-2-4-11-28(26)23-30)31-17-15-27-10-3-5-12-29(27)24-31;/h2-5,9-12,14-18,22-25,34,41H,6-8,13,19-21H2,1H3;1H/q+1;/p-1/t34-;/m0./s1. The molecule has 1 aromatic heterocycles. The Morgan fingerprint density at radius 1 is 0.786 bits per heavy atom. The molecule has 2 aliphatic rings. The molecule has 0 saturated carbocycles. The van der Waals surface area contributed by atoms with Gasteiger partial charge in [-0.15, -0.1) is 0 Å². The van der Waals surface area contributed by atoms with Crippen molar-refractivity contribution in [3.05, 3.63) is 120 Å². The second-order valence-electron chi connectivity index (χ2n) is 11.7. The van der Waals surface area contributed by atoms with E-state index in [-0.39, 0.29) is 29.9 Å². The fraction of sp³-hybridized carbons (Fsp3) is 0.278. The maximum atomic E-state index is 14.5. The molecule has 0 unspecified atom stereocenters. The molecule has 7 rings (SSSR count). The number of amides is 1. The van der Waals surface area contributed by atoms with Crippen LogP contribution in [-0.2, 0) is 12.6 Å². The molecule has 0 radical (unpaired) electrons. The Morgan fingerprint density at radius 2 is 1.36 bits per heavy atom. The van der Waals surface area contributed by atoms with Crippen molar-refractivity contribution in [3.63, 3.8) is 0 Å². The van der Waals surface area contributed by atoms with E-state index in [4.69, 9.17) is 0 Å². The summed E-state index contributed by atoms with van der Waals surface area (Å²) in [4.78, 5) is 18.8. The number of nitrogens with zero attached hydrogens (tertiary/aromatic N) is 3. The van der Waals surface area contributed by atoms with Crippen molar-refractivity contribution < 1.29 is 38.4 Å². The number of aryl methyl sites for hydroxylation is 1. The number of hydrogen-bond donors (Lipinski definition) is 1. The molecular formula is C36H36IN3O2. The fourth-order valence-electron chi connectivity index (χ4n) is 6.99. The van der Waals surface area contributed by atoms with Gasteiger partial charge in [-0.3, -0.25) is 4.79 Å². The number of benzene rings is 4. The monoisotopic (exact) mass is 669 g/mol. The van der Waals surface area contributed by atoms with Crippen LogP contribution >= 0.6 is 0 Å². The third-order valence-corrected chi connectivity index (χ3v) is 9.13. The summed E-state index contributed by atoms with van der Waals surface area (Å²) in [5, 5.41) is 17.5. The Kier molecular flexibility index (Phi) is 7.94. The van der Waals surface area contributed by atoms with Gasteiger partial charge in [0.25, 0.3) is 5.91 Å². The summed E-state index contributed by atoms with van der Waals surface area (Å²) >= 11 is 0. The summed E-state index contributed by atoms with van der Waals surface area (Å²) in [6.45, 7) is 2.55. The molecular weight excluding hydrogens is 633 g/mol. The van der Waals surface area contributed by atoms with E-state index in [1.54, 1.807) is 0 Å². The Morgan fingerprint density at radius 3 is 1.95 bits per heavy atom. The summed E-state index contributed by atoms with van der Waals surface area (Å²) in [6.07, 6.45) is 7.83. The smallest absolute Gasteiger partial charge is 0.262 e. The maximum Gasteiger partial charge on any atom is 0.262 e. The molecule has 6 heteroatoms. The molecule has 42 heavy (non-hydrogen) atoms. The molecule has 2 saturated heterocycles. The van der Waals surface area contributed by atoms with Crippen LogP contribution in [0.2, 0.25) is 0 Å². The van der Waals surface area contributed by atoms with Gasteiger partial charge in [-0.25, -0.2) is 4.57 Å². The number of carbonyl (C=O) groups is 1. The van der Waals surface area contributed by atoms with Crippen LogP contribution in [0.1, 0.15) is 47.2 Å². The van der Waals surface area contributed by atoms with Crippen LogP contribution < -0.4 is 33.4 Å². The molecule has 214 valence electrons. The van der Waals surface area contributed by atoms with Gasteiger partial charge in [0, 0.05) is 25.7 Å². The average Bonchev–Trinajstić information content (AvgIpc) is 3.73. The Balaban J connectivity index is 0.00000316. The Hall–Kier alpha value is -3.49. The number of rotatable bonds is 5. The third-order valence-electron chi connectivity index (χ3n) is 9.13. The number of fused-ring (bicyclic) bond motifs is 2. The number of aromatic nitrogens is 1. The van der Waals surface area contributed by atoms with Crippen LogP contribution in [-0.4, -0.2) is 41.6 Å². The van der Waals surface area contributed by atoms with E-state index in [1.165, 1.54) is 0 Å². The predicted molar refractivity (Wildman–Crippen MR) is 164 cm³/mol. The van der Waals surface area contributed by atoms with Gasteiger partial charge >= 0.3 is 0 Å². The predicted octanol–water partition coefficient (Wildman–Crippen LogP) is 2.96. The van der Waals surface area contributed by atoms with Crippen LogP contribution in [0.4, 0.5) is 5.69 Å². The second kappa shape index (κ2) is 11.7. The summed E-state index contributed by atoms with van der Waals surface area (Å²) < 4.78 is 1.96. The van der Waals surface area contributed by atoms with Crippen molar-refractivity contribution in [2.24, 2.45) is 7.05 Å². The van der Waals surface area contributed by atoms with Gasteiger partial charge in [-0.1, -0.05) is 72.8 Å². The lowest BCUT2D eigenvalue weighted by molar-refractivity contribution is -0.671. The lowest BCUT2D eigenvalue weighted by Crippen LogP contribution is -3.00. The normalized spacial score (nSPS) is 17.1. The minimum absolute atomic E-state index is 0.